The first-order valence-corrected chi connectivity index (χ1v) is 6.68. The zero-order valence-electron chi connectivity index (χ0n) is 12.4. The number of benzene rings is 1. The van der Waals surface area contributed by atoms with Crippen LogP contribution in [0.1, 0.15) is 29.8 Å². The van der Waals surface area contributed by atoms with Crippen molar-refractivity contribution in [3.05, 3.63) is 29.3 Å². The van der Waals surface area contributed by atoms with E-state index in [4.69, 9.17) is 14.2 Å². The van der Waals surface area contributed by atoms with E-state index in [0.717, 1.165) is 11.3 Å². The molecule has 0 aromatic heterocycles. The van der Waals surface area contributed by atoms with Gasteiger partial charge in [-0.3, -0.25) is 0 Å². The molecule has 1 fully saturated rings. The monoisotopic (exact) mass is 279 g/mol. The fourth-order valence-corrected chi connectivity index (χ4v) is 2.17. The van der Waals surface area contributed by atoms with Crippen LogP contribution in [0.25, 0.3) is 0 Å². The van der Waals surface area contributed by atoms with Crippen molar-refractivity contribution in [2.24, 2.45) is 0 Å². The van der Waals surface area contributed by atoms with Crippen molar-refractivity contribution >= 4 is 11.7 Å². The van der Waals surface area contributed by atoms with E-state index in [1.54, 1.807) is 6.07 Å². The molecule has 1 N–H and O–H groups in total. The molecular formula is C15H21NO4. The summed E-state index contributed by atoms with van der Waals surface area (Å²) in [7, 11) is 1.85. The van der Waals surface area contributed by atoms with Crippen LogP contribution in [0.5, 0.6) is 0 Å². The first-order chi connectivity index (χ1) is 9.41. The fraction of sp³-hybridized carbons (Fsp3) is 0.533. The Kier molecular flexibility index (Phi) is 4.30. The summed E-state index contributed by atoms with van der Waals surface area (Å²) in [5, 5.41) is 3.06. The lowest BCUT2D eigenvalue weighted by Crippen LogP contribution is -2.25. The summed E-state index contributed by atoms with van der Waals surface area (Å²) in [6.45, 7) is 6.27. The van der Waals surface area contributed by atoms with Crippen molar-refractivity contribution in [2.45, 2.75) is 32.7 Å². The molecule has 1 aromatic carbocycles. The summed E-state index contributed by atoms with van der Waals surface area (Å²) in [5.41, 5.74) is 2.54. The lowest BCUT2D eigenvalue weighted by molar-refractivity contribution is -0.142. The normalized spacial score (nSPS) is 20.7. The molecule has 1 heterocycles. The molecule has 1 aliphatic rings. The third-order valence-electron chi connectivity index (χ3n) is 3.20. The fourth-order valence-electron chi connectivity index (χ4n) is 2.17. The molecule has 1 atom stereocenters. The van der Waals surface area contributed by atoms with Gasteiger partial charge in [-0.2, -0.15) is 0 Å². The molecule has 1 aromatic rings. The van der Waals surface area contributed by atoms with Crippen LogP contribution >= 0.6 is 0 Å². The third-order valence-corrected chi connectivity index (χ3v) is 3.20. The molecule has 0 spiro atoms. The number of carbonyl (C=O) groups excluding carboxylic acids is 1. The molecule has 0 radical (unpaired) electrons. The number of esters is 1. The largest absolute Gasteiger partial charge is 0.459 e. The van der Waals surface area contributed by atoms with Crippen molar-refractivity contribution in [2.75, 3.05) is 25.6 Å². The number of hydrogen-bond acceptors (Lipinski definition) is 5. The second-order valence-corrected chi connectivity index (χ2v) is 5.33. The standard InChI is InChI=1S/C15H21NO4/c1-10-7-11(5-6-13(10)16-4)14(17)18-8-12-9-19-15(2,3)20-12/h5-7,12,16H,8-9H2,1-4H3. The van der Waals surface area contributed by atoms with Crippen molar-refractivity contribution < 1.29 is 19.0 Å². The van der Waals surface area contributed by atoms with Gasteiger partial charge in [0, 0.05) is 12.7 Å². The van der Waals surface area contributed by atoms with Crippen molar-refractivity contribution in [3.63, 3.8) is 0 Å². The predicted molar refractivity (Wildman–Crippen MR) is 75.9 cm³/mol. The highest BCUT2D eigenvalue weighted by atomic mass is 16.7. The topological polar surface area (TPSA) is 56.8 Å². The first kappa shape index (κ1) is 14.8. The number of rotatable bonds is 4. The SMILES string of the molecule is CNc1ccc(C(=O)OCC2COC(C)(C)O2)cc1C. The van der Waals surface area contributed by atoms with Gasteiger partial charge in [0.05, 0.1) is 12.2 Å². The summed E-state index contributed by atoms with van der Waals surface area (Å²) < 4.78 is 16.3. The minimum Gasteiger partial charge on any atom is -0.459 e. The van der Waals surface area contributed by atoms with E-state index in [-0.39, 0.29) is 18.7 Å². The van der Waals surface area contributed by atoms with Crippen LogP contribution in [-0.4, -0.2) is 38.1 Å². The maximum atomic E-state index is 12.0. The van der Waals surface area contributed by atoms with Gasteiger partial charge in [0.15, 0.2) is 5.79 Å². The molecule has 0 saturated carbocycles. The highest BCUT2D eigenvalue weighted by Gasteiger charge is 2.33. The quantitative estimate of drug-likeness (QED) is 0.857. The van der Waals surface area contributed by atoms with Gasteiger partial charge in [-0.05, 0) is 44.5 Å². The highest BCUT2D eigenvalue weighted by molar-refractivity contribution is 5.90. The van der Waals surface area contributed by atoms with E-state index in [1.807, 2.05) is 40.0 Å². The number of ether oxygens (including phenoxy) is 3. The van der Waals surface area contributed by atoms with Crippen LogP contribution in [0.2, 0.25) is 0 Å². The Hall–Kier alpha value is -1.59. The van der Waals surface area contributed by atoms with E-state index in [1.165, 1.54) is 0 Å². The van der Waals surface area contributed by atoms with Gasteiger partial charge in [-0.25, -0.2) is 4.79 Å². The molecule has 0 amide bonds. The Bertz CT molecular complexity index is 499. The summed E-state index contributed by atoms with van der Waals surface area (Å²) in [5.74, 6) is -0.939. The van der Waals surface area contributed by atoms with Crippen LogP contribution < -0.4 is 5.32 Å². The number of anilines is 1. The van der Waals surface area contributed by atoms with Gasteiger partial charge >= 0.3 is 5.97 Å². The minimum atomic E-state index is -0.595. The maximum absolute atomic E-state index is 12.0. The highest BCUT2D eigenvalue weighted by Crippen LogP contribution is 2.22. The molecule has 0 aliphatic carbocycles. The zero-order valence-corrected chi connectivity index (χ0v) is 12.4. The molecule has 5 nitrogen and oxygen atoms in total. The summed E-state index contributed by atoms with van der Waals surface area (Å²) in [6.07, 6.45) is -0.202. The number of hydrogen-bond donors (Lipinski definition) is 1. The molecule has 1 saturated heterocycles. The average Bonchev–Trinajstić information content (AvgIpc) is 2.75. The predicted octanol–water partition coefficient (Wildman–Crippen LogP) is 2.35. The number of nitrogens with one attached hydrogen (secondary N) is 1. The van der Waals surface area contributed by atoms with E-state index >= 15 is 0 Å². The van der Waals surface area contributed by atoms with Crippen LogP contribution in [0.3, 0.4) is 0 Å². The van der Waals surface area contributed by atoms with E-state index in [0.29, 0.717) is 12.2 Å². The maximum Gasteiger partial charge on any atom is 0.338 e. The molecule has 20 heavy (non-hydrogen) atoms. The van der Waals surface area contributed by atoms with Crippen LogP contribution in [0.15, 0.2) is 18.2 Å². The summed E-state index contributed by atoms with van der Waals surface area (Å²) in [4.78, 5) is 12.0. The van der Waals surface area contributed by atoms with Crippen LogP contribution in [-0.2, 0) is 14.2 Å². The molecule has 110 valence electrons. The lowest BCUT2D eigenvalue weighted by atomic mass is 10.1. The number of carbonyl (C=O) groups is 1. The van der Waals surface area contributed by atoms with Gasteiger partial charge < -0.3 is 19.5 Å². The number of aryl methyl sites for hydroxylation is 1. The van der Waals surface area contributed by atoms with Crippen LogP contribution in [0, 0.1) is 6.92 Å². The van der Waals surface area contributed by atoms with Crippen molar-refractivity contribution in [3.8, 4) is 0 Å². The molecule has 1 aliphatic heterocycles. The van der Waals surface area contributed by atoms with E-state index < -0.39 is 5.79 Å². The molecule has 1 unspecified atom stereocenters. The van der Waals surface area contributed by atoms with Crippen molar-refractivity contribution in [1.82, 2.24) is 0 Å². The van der Waals surface area contributed by atoms with E-state index in [9.17, 15) is 4.79 Å². The zero-order chi connectivity index (χ0) is 14.8. The van der Waals surface area contributed by atoms with E-state index in [2.05, 4.69) is 5.32 Å². The van der Waals surface area contributed by atoms with Gasteiger partial charge in [-0.15, -0.1) is 0 Å². The Morgan fingerprint density at radius 1 is 1.50 bits per heavy atom. The molecule has 0 bridgehead atoms. The van der Waals surface area contributed by atoms with Gasteiger partial charge in [0.1, 0.15) is 12.7 Å². The minimum absolute atomic E-state index is 0.202. The molecule has 5 heteroatoms. The third kappa shape index (κ3) is 3.49. The summed E-state index contributed by atoms with van der Waals surface area (Å²) in [6, 6.07) is 5.42. The summed E-state index contributed by atoms with van der Waals surface area (Å²) >= 11 is 0. The Labute approximate surface area is 119 Å². The Balaban J connectivity index is 1.91. The first-order valence-electron chi connectivity index (χ1n) is 6.68. The second-order valence-electron chi connectivity index (χ2n) is 5.33. The average molecular weight is 279 g/mol. The van der Waals surface area contributed by atoms with Gasteiger partial charge in [-0.1, -0.05) is 0 Å². The molecular weight excluding hydrogens is 258 g/mol. The smallest absolute Gasteiger partial charge is 0.338 e. The molecule has 2 rings (SSSR count). The lowest BCUT2D eigenvalue weighted by Gasteiger charge is -2.17. The van der Waals surface area contributed by atoms with Crippen molar-refractivity contribution in [1.29, 1.82) is 0 Å². The Morgan fingerprint density at radius 3 is 2.80 bits per heavy atom. The van der Waals surface area contributed by atoms with Gasteiger partial charge in [0.2, 0.25) is 0 Å². The second kappa shape index (κ2) is 5.81. The van der Waals surface area contributed by atoms with Gasteiger partial charge in [0.25, 0.3) is 0 Å². The Morgan fingerprint density at radius 2 is 2.25 bits per heavy atom. The van der Waals surface area contributed by atoms with Crippen LogP contribution in [0.4, 0.5) is 5.69 Å².